The minimum Gasteiger partial charge on any atom is -0.441 e. The van der Waals surface area contributed by atoms with E-state index in [1.807, 2.05) is 35.1 Å². The molecule has 0 aliphatic rings. The number of rotatable bonds is 7. The molecule has 122 valence electrons. The highest BCUT2D eigenvalue weighted by molar-refractivity contribution is 5.72. The van der Waals surface area contributed by atoms with Gasteiger partial charge in [0.05, 0.1) is 12.2 Å². The van der Waals surface area contributed by atoms with Gasteiger partial charge in [-0.25, -0.2) is 4.98 Å². The first-order chi connectivity index (χ1) is 11.1. The summed E-state index contributed by atoms with van der Waals surface area (Å²) in [5, 5.41) is 7.95. The van der Waals surface area contributed by atoms with Crippen LogP contribution >= 0.6 is 0 Å². The van der Waals surface area contributed by atoms with Gasteiger partial charge in [0.25, 0.3) is 0 Å². The molecule has 5 heteroatoms. The maximum atomic E-state index is 5.74. The van der Waals surface area contributed by atoms with Crippen molar-refractivity contribution < 1.29 is 4.42 Å². The molecule has 2 atom stereocenters. The molecular weight excluding hydrogens is 288 g/mol. The number of hydrogen-bond acceptors (Lipinski definition) is 4. The number of nitrogens with zero attached hydrogens (tertiary/aromatic N) is 3. The number of fused-ring (bicyclic) bond motifs is 1. The SMILES string of the molecule is Cc1cnn([C@H](C)[C@@H](C)NCCCc2nc3ccccc3o2)c1. The van der Waals surface area contributed by atoms with Crippen molar-refractivity contribution in [3.05, 3.63) is 48.1 Å². The van der Waals surface area contributed by atoms with Crippen molar-refractivity contribution in [2.75, 3.05) is 6.54 Å². The standard InChI is InChI=1S/C18H24N4O/c1-13-11-20-22(12-13)15(3)14(2)19-10-6-9-18-21-16-7-4-5-8-17(16)23-18/h4-5,7-8,11-12,14-15,19H,6,9-10H2,1-3H3/t14-,15-/m1/s1. The van der Waals surface area contributed by atoms with E-state index < -0.39 is 0 Å². The molecule has 1 aromatic carbocycles. The van der Waals surface area contributed by atoms with Crippen LogP contribution in [0.4, 0.5) is 0 Å². The van der Waals surface area contributed by atoms with E-state index in [1.165, 1.54) is 5.56 Å². The summed E-state index contributed by atoms with van der Waals surface area (Å²) in [6.07, 6.45) is 5.84. The van der Waals surface area contributed by atoms with E-state index in [2.05, 4.69) is 42.4 Å². The van der Waals surface area contributed by atoms with Crippen LogP contribution in [-0.2, 0) is 6.42 Å². The zero-order valence-electron chi connectivity index (χ0n) is 14.0. The van der Waals surface area contributed by atoms with Crippen LogP contribution in [0.2, 0.25) is 0 Å². The maximum absolute atomic E-state index is 5.74. The number of hydrogen-bond donors (Lipinski definition) is 1. The fourth-order valence-corrected chi connectivity index (χ4v) is 2.65. The van der Waals surface area contributed by atoms with Crippen LogP contribution in [0.1, 0.15) is 37.8 Å². The predicted octanol–water partition coefficient (Wildman–Crippen LogP) is 3.50. The average molecular weight is 312 g/mol. The third kappa shape index (κ3) is 3.79. The highest BCUT2D eigenvalue weighted by Gasteiger charge is 2.14. The van der Waals surface area contributed by atoms with Crippen LogP contribution in [0.5, 0.6) is 0 Å². The first-order valence-corrected chi connectivity index (χ1v) is 8.22. The summed E-state index contributed by atoms with van der Waals surface area (Å²) < 4.78 is 7.76. The fraction of sp³-hybridized carbons (Fsp3) is 0.444. The van der Waals surface area contributed by atoms with Gasteiger partial charge in [0, 0.05) is 18.7 Å². The molecule has 5 nitrogen and oxygen atoms in total. The van der Waals surface area contributed by atoms with Crippen LogP contribution in [-0.4, -0.2) is 27.4 Å². The summed E-state index contributed by atoms with van der Waals surface area (Å²) in [7, 11) is 0. The lowest BCUT2D eigenvalue weighted by Crippen LogP contribution is -2.34. The zero-order valence-corrected chi connectivity index (χ0v) is 14.0. The van der Waals surface area contributed by atoms with Gasteiger partial charge in [0.1, 0.15) is 5.52 Å². The fourth-order valence-electron chi connectivity index (χ4n) is 2.65. The third-order valence-corrected chi connectivity index (χ3v) is 4.24. The van der Waals surface area contributed by atoms with Gasteiger partial charge in [0.2, 0.25) is 0 Å². The summed E-state index contributed by atoms with van der Waals surface area (Å²) in [5.41, 5.74) is 3.00. The van der Waals surface area contributed by atoms with Crippen LogP contribution in [0.15, 0.2) is 41.1 Å². The van der Waals surface area contributed by atoms with Gasteiger partial charge >= 0.3 is 0 Å². The number of aromatic nitrogens is 3. The zero-order chi connectivity index (χ0) is 16.2. The Bertz CT molecular complexity index is 728. The molecule has 3 aromatic rings. The van der Waals surface area contributed by atoms with Gasteiger partial charge < -0.3 is 9.73 Å². The lowest BCUT2D eigenvalue weighted by Gasteiger charge is -2.21. The second-order valence-corrected chi connectivity index (χ2v) is 6.16. The van der Waals surface area contributed by atoms with Gasteiger partial charge in [-0.05, 0) is 51.4 Å². The molecule has 3 rings (SSSR count). The van der Waals surface area contributed by atoms with E-state index in [9.17, 15) is 0 Å². The third-order valence-electron chi connectivity index (χ3n) is 4.24. The molecule has 0 aliphatic carbocycles. The molecule has 2 heterocycles. The molecule has 0 saturated heterocycles. The molecule has 0 fully saturated rings. The lowest BCUT2D eigenvalue weighted by molar-refractivity contribution is 0.363. The summed E-state index contributed by atoms with van der Waals surface area (Å²) in [4.78, 5) is 4.51. The Kier molecular flexibility index (Phi) is 4.76. The molecule has 1 N–H and O–H groups in total. The van der Waals surface area contributed by atoms with Crippen LogP contribution < -0.4 is 5.32 Å². The molecule has 0 saturated carbocycles. The molecule has 0 aliphatic heterocycles. The highest BCUT2D eigenvalue weighted by Crippen LogP contribution is 2.16. The number of benzene rings is 1. The largest absolute Gasteiger partial charge is 0.441 e. The molecule has 0 bridgehead atoms. The van der Waals surface area contributed by atoms with Crippen molar-refractivity contribution >= 4 is 11.1 Å². The lowest BCUT2D eigenvalue weighted by atomic mass is 10.1. The van der Waals surface area contributed by atoms with Crippen molar-refractivity contribution in [3.63, 3.8) is 0 Å². The van der Waals surface area contributed by atoms with Crippen molar-refractivity contribution in [1.29, 1.82) is 0 Å². The number of nitrogens with one attached hydrogen (secondary N) is 1. The summed E-state index contributed by atoms with van der Waals surface area (Å²) in [5.74, 6) is 0.816. The molecule has 0 spiro atoms. The second-order valence-electron chi connectivity index (χ2n) is 6.16. The number of aryl methyl sites for hydroxylation is 2. The van der Waals surface area contributed by atoms with E-state index in [-0.39, 0.29) is 0 Å². The molecule has 0 radical (unpaired) electrons. The molecule has 0 unspecified atom stereocenters. The van der Waals surface area contributed by atoms with E-state index in [0.717, 1.165) is 36.4 Å². The summed E-state index contributed by atoms with van der Waals surface area (Å²) in [6, 6.07) is 8.58. The Balaban J connectivity index is 1.45. The Labute approximate surface area is 136 Å². The van der Waals surface area contributed by atoms with Gasteiger partial charge in [-0.1, -0.05) is 12.1 Å². The number of oxazole rings is 1. The van der Waals surface area contributed by atoms with Crippen molar-refractivity contribution in [3.8, 4) is 0 Å². The maximum Gasteiger partial charge on any atom is 0.195 e. The Morgan fingerprint density at radius 2 is 2.09 bits per heavy atom. The van der Waals surface area contributed by atoms with Crippen molar-refractivity contribution in [2.45, 2.75) is 45.7 Å². The van der Waals surface area contributed by atoms with E-state index in [0.29, 0.717) is 12.1 Å². The predicted molar refractivity (Wildman–Crippen MR) is 91.5 cm³/mol. The molecule has 0 amide bonds. The second kappa shape index (κ2) is 6.96. The molecule has 23 heavy (non-hydrogen) atoms. The van der Waals surface area contributed by atoms with Gasteiger partial charge in [0.15, 0.2) is 11.5 Å². The smallest absolute Gasteiger partial charge is 0.195 e. The van der Waals surface area contributed by atoms with Crippen LogP contribution in [0.3, 0.4) is 0 Å². The van der Waals surface area contributed by atoms with E-state index in [4.69, 9.17) is 4.42 Å². The van der Waals surface area contributed by atoms with Crippen molar-refractivity contribution in [2.24, 2.45) is 0 Å². The topological polar surface area (TPSA) is 55.9 Å². The molecule has 2 aromatic heterocycles. The monoisotopic (exact) mass is 312 g/mol. The van der Waals surface area contributed by atoms with Crippen LogP contribution in [0.25, 0.3) is 11.1 Å². The highest BCUT2D eigenvalue weighted by atomic mass is 16.3. The quantitative estimate of drug-likeness (QED) is 0.678. The Morgan fingerprint density at radius 3 is 2.83 bits per heavy atom. The Morgan fingerprint density at radius 1 is 1.26 bits per heavy atom. The van der Waals surface area contributed by atoms with Gasteiger partial charge in [-0.15, -0.1) is 0 Å². The minimum atomic E-state index is 0.327. The van der Waals surface area contributed by atoms with Crippen molar-refractivity contribution in [1.82, 2.24) is 20.1 Å². The Hall–Kier alpha value is -2.14. The summed E-state index contributed by atoms with van der Waals surface area (Å²) in [6.45, 7) is 7.38. The minimum absolute atomic E-state index is 0.327. The number of para-hydroxylation sites is 2. The first kappa shape index (κ1) is 15.7. The van der Waals surface area contributed by atoms with E-state index >= 15 is 0 Å². The van der Waals surface area contributed by atoms with Gasteiger partial charge in [-0.2, -0.15) is 5.10 Å². The van der Waals surface area contributed by atoms with Gasteiger partial charge in [-0.3, -0.25) is 4.68 Å². The molecular formula is C18H24N4O. The van der Waals surface area contributed by atoms with E-state index in [1.54, 1.807) is 0 Å². The summed E-state index contributed by atoms with van der Waals surface area (Å²) >= 11 is 0. The van der Waals surface area contributed by atoms with Crippen LogP contribution in [0, 0.1) is 6.92 Å². The normalized spacial score (nSPS) is 14.2. The first-order valence-electron chi connectivity index (χ1n) is 8.22. The average Bonchev–Trinajstić information content (AvgIpc) is 3.16.